The van der Waals surface area contributed by atoms with Crippen LogP contribution in [0.4, 0.5) is 0 Å². The zero-order valence-electron chi connectivity index (χ0n) is 11.6. The fourth-order valence-corrected chi connectivity index (χ4v) is 2.37. The number of nitrogens with zero attached hydrogens (tertiary/aromatic N) is 2. The highest BCUT2D eigenvalue weighted by Gasteiger charge is 2.25. The predicted molar refractivity (Wildman–Crippen MR) is 72.8 cm³/mol. The average Bonchev–Trinajstić information content (AvgIpc) is 2.48. The van der Waals surface area contributed by atoms with E-state index in [-0.39, 0.29) is 29.9 Å². The van der Waals surface area contributed by atoms with Crippen LogP contribution in [0.1, 0.15) is 39.0 Å². The van der Waals surface area contributed by atoms with Gasteiger partial charge in [-0.3, -0.25) is 14.4 Å². The van der Waals surface area contributed by atoms with Crippen molar-refractivity contribution in [3.63, 3.8) is 0 Å². The molecule has 2 N–H and O–H groups in total. The van der Waals surface area contributed by atoms with Crippen LogP contribution in [0, 0.1) is 0 Å². The van der Waals surface area contributed by atoms with Crippen LogP contribution in [0.2, 0.25) is 0 Å². The van der Waals surface area contributed by atoms with E-state index >= 15 is 0 Å². The molecule has 0 aromatic rings. The number of piperidine rings is 1. The zero-order chi connectivity index (χ0) is 14.5. The summed E-state index contributed by atoms with van der Waals surface area (Å²) in [6, 6.07) is -0.569. The molecule has 0 radical (unpaired) electrons. The Labute approximate surface area is 117 Å². The number of hydrogen-bond donors (Lipinski definition) is 2. The van der Waals surface area contributed by atoms with Gasteiger partial charge in [-0.05, 0) is 26.2 Å². The summed E-state index contributed by atoms with van der Waals surface area (Å²) in [6.07, 6.45) is 3.75. The van der Waals surface area contributed by atoms with Gasteiger partial charge in [0.25, 0.3) is 5.91 Å². The minimum atomic E-state index is -0.569. The maximum Gasteiger partial charge on any atom is 0.268 e. The smallest absolute Gasteiger partial charge is 0.268 e. The van der Waals surface area contributed by atoms with Crippen molar-refractivity contribution in [2.45, 2.75) is 45.1 Å². The molecule has 1 unspecified atom stereocenters. The minimum absolute atomic E-state index is 0.0569. The molecule has 110 valence electrons. The summed E-state index contributed by atoms with van der Waals surface area (Å²) in [4.78, 5) is 36.9. The van der Waals surface area contributed by atoms with Gasteiger partial charge >= 0.3 is 0 Å². The summed E-state index contributed by atoms with van der Waals surface area (Å²) in [5, 5.41) is 6.36. The van der Waals surface area contributed by atoms with Crippen LogP contribution in [0.25, 0.3) is 0 Å². The Hall–Kier alpha value is -1.92. The fourth-order valence-electron chi connectivity index (χ4n) is 2.37. The van der Waals surface area contributed by atoms with E-state index in [1.165, 1.54) is 0 Å². The van der Waals surface area contributed by atoms with Gasteiger partial charge in [0.2, 0.25) is 11.8 Å². The molecule has 7 heteroatoms. The molecule has 0 aromatic heterocycles. The molecule has 1 fully saturated rings. The summed E-state index contributed by atoms with van der Waals surface area (Å²) in [7, 11) is 0. The molecule has 2 heterocycles. The quantitative estimate of drug-likeness (QED) is 0.748. The van der Waals surface area contributed by atoms with Crippen molar-refractivity contribution >= 4 is 23.4 Å². The molecule has 0 saturated carbocycles. The van der Waals surface area contributed by atoms with Crippen molar-refractivity contribution in [1.82, 2.24) is 15.6 Å². The monoisotopic (exact) mass is 280 g/mol. The molecule has 1 saturated heterocycles. The standard InChI is InChI=1S/C13H20N4O3/c1-9(13(20)17-7-3-2-4-8-17)14-12(19)10-5-6-11(18)16-15-10/h9H,2-8H2,1H3,(H,14,19)(H,16,18). The first-order chi connectivity index (χ1) is 9.58. The predicted octanol–water partition coefficient (Wildman–Crippen LogP) is -0.230. The molecule has 3 amide bonds. The van der Waals surface area contributed by atoms with Crippen LogP contribution in [0.15, 0.2) is 5.10 Å². The van der Waals surface area contributed by atoms with E-state index < -0.39 is 6.04 Å². The third kappa shape index (κ3) is 3.55. The van der Waals surface area contributed by atoms with Gasteiger partial charge in [-0.25, -0.2) is 5.43 Å². The molecule has 0 aromatic carbocycles. The maximum atomic E-state index is 12.2. The Balaban J connectivity index is 1.87. The van der Waals surface area contributed by atoms with Crippen LogP contribution < -0.4 is 10.7 Å². The van der Waals surface area contributed by atoms with E-state index in [0.29, 0.717) is 6.42 Å². The van der Waals surface area contributed by atoms with E-state index in [0.717, 1.165) is 32.4 Å². The summed E-state index contributed by atoms with van der Waals surface area (Å²) in [5.41, 5.74) is 2.54. The number of hydrogen-bond acceptors (Lipinski definition) is 4. The third-order valence-corrected chi connectivity index (χ3v) is 3.55. The molecule has 7 nitrogen and oxygen atoms in total. The van der Waals surface area contributed by atoms with Crippen molar-refractivity contribution in [1.29, 1.82) is 0 Å². The number of carbonyl (C=O) groups excluding carboxylic acids is 3. The van der Waals surface area contributed by atoms with Crippen molar-refractivity contribution in [2.24, 2.45) is 5.10 Å². The summed E-state index contributed by atoms with van der Waals surface area (Å²) >= 11 is 0. The highest BCUT2D eigenvalue weighted by atomic mass is 16.2. The van der Waals surface area contributed by atoms with Crippen molar-refractivity contribution in [2.75, 3.05) is 13.1 Å². The third-order valence-electron chi connectivity index (χ3n) is 3.55. The first-order valence-corrected chi connectivity index (χ1v) is 7.03. The van der Waals surface area contributed by atoms with Crippen molar-refractivity contribution in [3.05, 3.63) is 0 Å². The van der Waals surface area contributed by atoms with Crippen LogP contribution in [0.3, 0.4) is 0 Å². The molecule has 20 heavy (non-hydrogen) atoms. The SMILES string of the molecule is CC(NC(=O)C1=NNC(=O)CC1)C(=O)N1CCCCC1. The Morgan fingerprint density at radius 1 is 1.25 bits per heavy atom. The van der Waals surface area contributed by atoms with Crippen LogP contribution >= 0.6 is 0 Å². The second-order valence-electron chi connectivity index (χ2n) is 5.17. The van der Waals surface area contributed by atoms with Gasteiger partial charge in [-0.2, -0.15) is 5.10 Å². The van der Waals surface area contributed by atoms with Gasteiger partial charge in [0.1, 0.15) is 11.8 Å². The Morgan fingerprint density at radius 3 is 2.55 bits per heavy atom. The van der Waals surface area contributed by atoms with Crippen molar-refractivity contribution < 1.29 is 14.4 Å². The van der Waals surface area contributed by atoms with Gasteiger partial charge in [-0.15, -0.1) is 0 Å². The summed E-state index contributed by atoms with van der Waals surface area (Å²) in [5.74, 6) is -0.639. The number of carbonyl (C=O) groups is 3. The van der Waals surface area contributed by atoms with Crippen LogP contribution in [0.5, 0.6) is 0 Å². The normalized spacial score (nSPS) is 20.8. The second-order valence-corrected chi connectivity index (χ2v) is 5.17. The maximum absolute atomic E-state index is 12.2. The van der Waals surface area contributed by atoms with E-state index in [1.54, 1.807) is 11.8 Å². The molecular formula is C13H20N4O3. The molecule has 0 bridgehead atoms. The Kier molecular flexibility index (Phi) is 4.70. The van der Waals surface area contributed by atoms with Crippen LogP contribution in [-0.2, 0) is 14.4 Å². The lowest BCUT2D eigenvalue weighted by atomic mass is 10.1. The molecule has 1 atom stereocenters. The number of rotatable bonds is 3. The Morgan fingerprint density at radius 2 is 1.95 bits per heavy atom. The largest absolute Gasteiger partial charge is 0.341 e. The van der Waals surface area contributed by atoms with Gasteiger partial charge in [0, 0.05) is 25.9 Å². The lowest BCUT2D eigenvalue weighted by molar-refractivity contribution is -0.135. The van der Waals surface area contributed by atoms with Gasteiger partial charge < -0.3 is 10.2 Å². The van der Waals surface area contributed by atoms with Gasteiger partial charge in [0.05, 0.1) is 0 Å². The van der Waals surface area contributed by atoms with E-state index in [9.17, 15) is 14.4 Å². The van der Waals surface area contributed by atoms with E-state index in [4.69, 9.17) is 0 Å². The molecule has 0 spiro atoms. The van der Waals surface area contributed by atoms with Gasteiger partial charge in [0.15, 0.2) is 0 Å². The fraction of sp³-hybridized carbons (Fsp3) is 0.692. The molecule has 0 aliphatic carbocycles. The molecule has 2 rings (SSSR count). The average molecular weight is 280 g/mol. The second kappa shape index (κ2) is 6.49. The lowest BCUT2D eigenvalue weighted by Gasteiger charge is -2.29. The van der Waals surface area contributed by atoms with Gasteiger partial charge in [-0.1, -0.05) is 0 Å². The first-order valence-electron chi connectivity index (χ1n) is 7.03. The highest BCUT2D eigenvalue weighted by Crippen LogP contribution is 2.10. The molecule has 2 aliphatic rings. The number of amides is 3. The zero-order valence-corrected chi connectivity index (χ0v) is 11.6. The minimum Gasteiger partial charge on any atom is -0.341 e. The lowest BCUT2D eigenvalue weighted by Crippen LogP contribution is -2.50. The first kappa shape index (κ1) is 14.5. The van der Waals surface area contributed by atoms with Crippen molar-refractivity contribution in [3.8, 4) is 0 Å². The van der Waals surface area contributed by atoms with Crippen LogP contribution in [-0.4, -0.2) is 47.5 Å². The highest BCUT2D eigenvalue weighted by molar-refractivity contribution is 6.39. The summed E-state index contributed by atoms with van der Waals surface area (Å²) in [6.45, 7) is 3.20. The van der Waals surface area contributed by atoms with E-state index in [2.05, 4.69) is 15.8 Å². The number of nitrogens with one attached hydrogen (secondary N) is 2. The number of likely N-dealkylation sites (tertiary alicyclic amines) is 1. The Bertz CT molecular complexity index is 441. The topological polar surface area (TPSA) is 90.9 Å². The molecular weight excluding hydrogens is 260 g/mol. The summed E-state index contributed by atoms with van der Waals surface area (Å²) < 4.78 is 0. The van der Waals surface area contributed by atoms with E-state index in [1.807, 2.05) is 0 Å². The molecule has 2 aliphatic heterocycles. The number of hydrazone groups is 1.